The molecule has 0 unspecified atom stereocenters. The molecular weight excluding hydrogens is 346 g/mol. The summed E-state index contributed by atoms with van der Waals surface area (Å²) in [6, 6.07) is 9.07. The summed E-state index contributed by atoms with van der Waals surface area (Å²) in [7, 11) is 4.00. The van der Waals surface area contributed by atoms with E-state index in [0.29, 0.717) is 17.2 Å². The van der Waals surface area contributed by atoms with Gasteiger partial charge in [0.05, 0.1) is 5.69 Å². The molecule has 1 aromatic heterocycles. The molecule has 2 rings (SSSR count). The molecule has 0 aliphatic rings. The fourth-order valence-corrected chi connectivity index (χ4v) is 2.12. The molecule has 1 heterocycles. The lowest BCUT2D eigenvalue weighted by Gasteiger charge is -2.11. The fourth-order valence-electron chi connectivity index (χ4n) is 1.73. The van der Waals surface area contributed by atoms with Gasteiger partial charge in [0.15, 0.2) is 0 Å². The zero-order valence-corrected chi connectivity index (χ0v) is 14.1. The van der Waals surface area contributed by atoms with Crippen molar-refractivity contribution in [1.29, 1.82) is 0 Å². The highest BCUT2D eigenvalue weighted by molar-refractivity contribution is 9.10. The van der Waals surface area contributed by atoms with Crippen molar-refractivity contribution in [3.8, 4) is 0 Å². The van der Waals surface area contributed by atoms with Crippen LogP contribution in [0.25, 0.3) is 0 Å². The molecule has 0 saturated carbocycles. The minimum absolute atomic E-state index is 0.273. The number of likely N-dealkylation sites (N-methyl/N-ethyl adjacent to an activating group) is 1. The standard InChI is InChI=1S/C15H18BrN5O/c1-21(2)8-7-17-14-9-13(18-10-19-14)15(22)20-12-6-4-3-5-11(12)16/h3-6,9-10H,7-8H2,1-2H3,(H,20,22)(H,17,18,19). The number of anilines is 2. The van der Waals surface area contributed by atoms with E-state index in [4.69, 9.17) is 0 Å². The number of hydrogen-bond acceptors (Lipinski definition) is 5. The van der Waals surface area contributed by atoms with Crippen molar-refractivity contribution >= 4 is 33.3 Å². The Morgan fingerprint density at radius 1 is 1.27 bits per heavy atom. The Labute approximate surface area is 138 Å². The van der Waals surface area contributed by atoms with Crippen LogP contribution in [0.1, 0.15) is 10.5 Å². The molecule has 0 saturated heterocycles. The van der Waals surface area contributed by atoms with Gasteiger partial charge in [0.25, 0.3) is 5.91 Å². The molecule has 0 radical (unpaired) electrons. The number of benzene rings is 1. The molecule has 0 aliphatic heterocycles. The summed E-state index contributed by atoms with van der Waals surface area (Å²) in [5.41, 5.74) is 1.02. The summed E-state index contributed by atoms with van der Waals surface area (Å²) >= 11 is 3.40. The quantitative estimate of drug-likeness (QED) is 0.824. The van der Waals surface area contributed by atoms with Gasteiger partial charge in [0, 0.05) is 23.6 Å². The third-order valence-electron chi connectivity index (χ3n) is 2.89. The first-order valence-corrected chi connectivity index (χ1v) is 7.62. The maximum atomic E-state index is 12.2. The van der Waals surface area contributed by atoms with E-state index in [2.05, 4.69) is 41.4 Å². The molecular formula is C15H18BrN5O. The van der Waals surface area contributed by atoms with Crippen LogP contribution in [0.4, 0.5) is 11.5 Å². The number of carbonyl (C=O) groups excluding carboxylic acids is 1. The molecule has 0 atom stereocenters. The average Bonchev–Trinajstić information content (AvgIpc) is 2.49. The van der Waals surface area contributed by atoms with Crippen LogP contribution in [-0.2, 0) is 0 Å². The smallest absolute Gasteiger partial charge is 0.274 e. The average molecular weight is 364 g/mol. The van der Waals surface area contributed by atoms with Crippen LogP contribution in [0, 0.1) is 0 Å². The molecule has 7 heteroatoms. The fraction of sp³-hybridized carbons (Fsp3) is 0.267. The maximum absolute atomic E-state index is 12.2. The van der Waals surface area contributed by atoms with Crippen LogP contribution in [0.15, 0.2) is 41.1 Å². The van der Waals surface area contributed by atoms with Crippen molar-refractivity contribution in [3.05, 3.63) is 46.8 Å². The lowest BCUT2D eigenvalue weighted by atomic mass is 10.3. The van der Waals surface area contributed by atoms with Gasteiger partial charge in [-0.25, -0.2) is 9.97 Å². The number of nitrogens with zero attached hydrogens (tertiary/aromatic N) is 3. The van der Waals surface area contributed by atoms with Crippen LogP contribution >= 0.6 is 15.9 Å². The van der Waals surface area contributed by atoms with Crippen molar-refractivity contribution in [3.63, 3.8) is 0 Å². The van der Waals surface area contributed by atoms with Gasteiger partial charge in [-0.1, -0.05) is 12.1 Å². The van der Waals surface area contributed by atoms with E-state index >= 15 is 0 Å². The number of rotatable bonds is 6. The Morgan fingerprint density at radius 2 is 2.05 bits per heavy atom. The van der Waals surface area contributed by atoms with Crippen molar-refractivity contribution in [2.45, 2.75) is 0 Å². The molecule has 0 fully saturated rings. The third kappa shape index (κ3) is 4.78. The molecule has 1 aromatic carbocycles. The second-order valence-corrected chi connectivity index (χ2v) is 5.81. The summed E-state index contributed by atoms with van der Waals surface area (Å²) in [5.74, 6) is 0.360. The second kappa shape index (κ2) is 7.86. The van der Waals surface area contributed by atoms with Crippen LogP contribution in [0.3, 0.4) is 0 Å². The maximum Gasteiger partial charge on any atom is 0.274 e. The number of nitrogens with one attached hydrogen (secondary N) is 2. The van der Waals surface area contributed by atoms with E-state index in [-0.39, 0.29) is 5.91 Å². The number of amides is 1. The summed E-state index contributed by atoms with van der Waals surface area (Å²) in [4.78, 5) is 22.4. The van der Waals surface area contributed by atoms with Crippen molar-refractivity contribution < 1.29 is 4.79 Å². The van der Waals surface area contributed by atoms with Gasteiger partial charge in [0.1, 0.15) is 17.8 Å². The van der Waals surface area contributed by atoms with Crippen LogP contribution in [-0.4, -0.2) is 48.0 Å². The first kappa shape index (κ1) is 16.4. The van der Waals surface area contributed by atoms with Crippen LogP contribution < -0.4 is 10.6 Å². The lowest BCUT2D eigenvalue weighted by Crippen LogP contribution is -2.21. The monoisotopic (exact) mass is 363 g/mol. The molecule has 2 N–H and O–H groups in total. The predicted molar refractivity (Wildman–Crippen MR) is 91.2 cm³/mol. The third-order valence-corrected chi connectivity index (χ3v) is 3.58. The highest BCUT2D eigenvalue weighted by Gasteiger charge is 2.10. The van der Waals surface area contributed by atoms with E-state index in [9.17, 15) is 4.79 Å². The predicted octanol–water partition coefficient (Wildman–Crippen LogP) is 2.46. The van der Waals surface area contributed by atoms with E-state index in [0.717, 1.165) is 17.6 Å². The van der Waals surface area contributed by atoms with Crippen molar-refractivity contribution in [1.82, 2.24) is 14.9 Å². The zero-order valence-electron chi connectivity index (χ0n) is 12.5. The molecule has 116 valence electrons. The minimum atomic E-state index is -0.273. The van der Waals surface area contributed by atoms with Gasteiger partial charge in [-0.3, -0.25) is 4.79 Å². The topological polar surface area (TPSA) is 70.2 Å². The number of carbonyl (C=O) groups is 1. The first-order chi connectivity index (χ1) is 10.6. The van der Waals surface area contributed by atoms with E-state index < -0.39 is 0 Å². The van der Waals surface area contributed by atoms with E-state index in [1.165, 1.54) is 6.33 Å². The van der Waals surface area contributed by atoms with Crippen LogP contribution in [0.2, 0.25) is 0 Å². The van der Waals surface area contributed by atoms with E-state index in [1.54, 1.807) is 6.07 Å². The number of aromatic nitrogens is 2. The van der Waals surface area contributed by atoms with Gasteiger partial charge >= 0.3 is 0 Å². The molecule has 0 aliphatic carbocycles. The molecule has 22 heavy (non-hydrogen) atoms. The van der Waals surface area contributed by atoms with Gasteiger partial charge in [0.2, 0.25) is 0 Å². The summed E-state index contributed by atoms with van der Waals surface area (Å²) in [6.07, 6.45) is 1.38. The molecule has 0 spiro atoms. The largest absolute Gasteiger partial charge is 0.369 e. The Morgan fingerprint density at radius 3 is 2.77 bits per heavy atom. The normalized spacial score (nSPS) is 10.5. The van der Waals surface area contributed by atoms with E-state index in [1.807, 2.05) is 38.4 Å². The van der Waals surface area contributed by atoms with Gasteiger partial charge in [-0.2, -0.15) is 0 Å². The Kier molecular flexibility index (Phi) is 5.85. The number of hydrogen-bond donors (Lipinski definition) is 2. The minimum Gasteiger partial charge on any atom is -0.369 e. The molecule has 6 nitrogen and oxygen atoms in total. The lowest BCUT2D eigenvalue weighted by molar-refractivity contribution is 0.102. The number of para-hydroxylation sites is 1. The van der Waals surface area contributed by atoms with Crippen LogP contribution in [0.5, 0.6) is 0 Å². The summed E-state index contributed by atoms with van der Waals surface area (Å²) < 4.78 is 0.821. The Balaban J connectivity index is 2.02. The molecule has 0 bridgehead atoms. The van der Waals surface area contributed by atoms with Crippen molar-refractivity contribution in [2.24, 2.45) is 0 Å². The number of halogens is 1. The summed E-state index contributed by atoms with van der Waals surface area (Å²) in [5, 5.41) is 5.98. The van der Waals surface area contributed by atoms with Crippen molar-refractivity contribution in [2.75, 3.05) is 37.8 Å². The summed E-state index contributed by atoms with van der Waals surface area (Å²) in [6.45, 7) is 1.62. The molecule has 1 amide bonds. The highest BCUT2D eigenvalue weighted by atomic mass is 79.9. The SMILES string of the molecule is CN(C)CCNc1cc(C(=O)Nc2ccccc2Br)ncn1. The van der Waals surface area contributed by atoms with Gasteiger partial charge in [-0.15, -0.1) is 0 Å². The zero-order chi connectivity index (χ0) is 15.9. The first-order valence-electron chi connectivity index (χ1n) is 6.83. The van der Waals surface area contributed by atoms with Gasteiger partial charge < -0.3 is 15.5 Å². The molecule has 2 aromatic rings. The van der Waals surface area contributed by atoms with Gasteiger partial charge in [-0.05, 0) is 42.2 Å². The Hall–Kier alpha value is -1.99. The second-order valence-electron chi connectivity index (χ2n) is 4.95. The Bertz CT molecular complexity index is 647. The highest BCUT2D eigenvalue weighted by Crippen LogP contribution is 2.21.